The van der Waals surface area contributed by atoms with Crippen LogP contribution in [0.25, 0.3) is 0 Å². The van der Waals surface area contributed by atoms with E-state index in [1.165, 1.54) is 0 Å². The SMILES string of the molecule is CCC[C@@H]1[C@H]2CC(=O)O[C@@H]1C[C@H]2O. The molecule has 2 fully saturated rings. The zero-order valence-electron chi connectivity index (χ0n) is 7.90. The lowest BCUT2D eigenvalue weighted by atomic mass is 9.86. The highest BCUT2D eigenvalue weighted by Crippen LogP contribution is 2.43. The summed E-state index contributed by atoms with van der Waals surface area (Å²) in [6.45, 7) is 2.13. The van der Waals surface area contributed by atoms with Crippen LogP contribution in [0.3, 0.4) is 0 Å². The molecule has 0 spiro atoms. The van der Waals surface area contributed by atoms with E-state index in [1.807, 2.05) is 0 Å². The summed E-state index contributed by atoms with van der Waals surface area (Å²) in [6.07, 6.45) is 2.93. The molecule has 1 aliphatic heterocycles. The number of carbonyl (C=O) groups excluding carboxylic acids is 1. The van der Waals surface area contributed by atoms with Gasteiger partial charge >= 0.3 is 5.97 Å². The van der Waals surface area contributed by atoms with E-state index in [0.29, 0.717) is 18.8 Å². The van der Waals surface area contributed by atoms with E-state index < -0.39 is 0 Å². The van der Waals surface area contributed by atoms with Crippen molar-refractivity contribution in [1.29, 1.82) is 0 Å². The fourth-order valence-corrected chi connectivity index (χ4v) is 2.71. The second-order valence-corrected chi connectivity index (χ2v) is 4.15. The molecular formula is C10H16O3. The van der Waals surface area contributed by atoms with Gasteiger partial charge in [-0.2, -0.15) is 0 Å². The molecule has 0 aromatic heterocycles. The van der Waals surface area contributed by atoms with Crippen LogP contribution in [-0.4, -0.2) is 23.3 Å². The molecular weight excluding hydrogens is 168 g/mol. The fraction of sp³-hybridized carbons (Fsp3) is 0.900. The molecule has 1 heterocycles. The van der Waals surface area contributed by atoms with Gasteiger partial charge in [0, 0.05) is 18.3 Å². The molecule has 2 aliphatic rings. The lowest BCUT2D eigenvalue weighted by Crippen LogP contribution is -2.33. The summed E-state index contributed by atoms with van der Waals surface area (Å²) in [5.41, 5.74) is 0. The summed E-state index contributed by atoms with van der Waals surface area (Å²) < 4.78 is 5.21. The van der Waals surface area contributed by atoms with Crippen LogP contribution < -0.4 is 0 Å². The molecule has 1 aliphatic carbocycles. The lowest BCUT2D eigenvalue weighted by molar-refractivity contribution is -0.158. The number of esters is 1. The minimum atomic E-state index is -0.312. The van der Waals surface area contributed by atoms with Crippen LogP contribution >= 0.6 is 0 Å². The van der Waals surface area contributed by atoms with Crippen molar-refractivity contribution in [1.82, 2.24) is 0 Å². The molecule has 2 bridgehead atoms. The Hall–Kier alpha value is -0.570. The molecule has 0 amide bonds. The van der Waals surface area contributed by atoms with Gasteiger partial charge in [-0.05, 0) is 6.42 Å². The average molecular weight is 184 g/mol. The summed E-state index contributed by atoms with van der Waals surface area (Å²) in [5.74, 6) is 0.461. The van der Waals surface area contributed by atoms with Gasteiger partial charge in [-0.1, -0.05) is 13.3 Å². The largest absolute Gasteiger partial charge is 0.462 e. The fourth-order valence-electron chi connectivity index (χ4n) is 2.71. The summed E-state index contributed by atoms with van der Waals surface area (Å²) in [7, 11) is 0. The summed E-state index contributed by atoms with van der Waals surface area (Å²) >= 11 is 0. The van der Waals surface area contributed by atoms with E-state index in [9.17, 15) is 9.90 Å². The molecule has 1 saturated heterocycles. The number of hydrogen-bond acceptors (Lipinski definition) is 3. The molecule has 4 atom stereocenters. The van der Waals surface area contributed by atoms with Gasteiger partial charge in [-0.25, -0.2) is 0 Å². The van der Waals surface area contributed by atoms with Gasteiger partial charge in [0.15, 0.2) is 0 Å². The third kappa shape index (κ3) is 1.46. The Morgan fingerprint density at radius 2 is 2.38 bits per heavy atom. The molecule has 0 unspecified atom stereocenters. The molecule has 0 aromatic rings. The predicted octanol–water partition coefficient (Wildman–Crippen LogP) is 1.10. The maximum absolute atomic E-state index is 11.1. The topological polar surface area (TPSA) is 46.5 Å². The van der Waals surface area contributed by atoms with Gasteiger partial charge in [-0.15, -0.1) is 0 Å². The number of ether oxygens (including phenoxy) is 1. The minimum absolute atomic E-state index is 0.00111. The third-order valence-corrected chi connectivity index (χ3v) is 3.30. The van der Waals surface area contributed by atoms with Crippen LogP contribution in [0.1, 0.15) is 32.6 Å². The number of hydrogen-bond donors (Lipinski definition) is 1. The van der Waals surface area contributed by atoms with Crippen molar-refractivity contribution < 1.29 is 14.6 Å². The first-order chi connectivity index (χ1) is 6.22. The Balaban J connectivity index is 2.10. The van der Waals surface area contributed by atoms with Gasteiger partial charge in [0.1, 0.15) is 6.10 Å². The number of rotatable bonds is 2. The molecule has 0 radical (unpaired) electrons. The van der Waals surface area contributed by atoms with Crippen molar-refractivity contribution in [2.24, 2.45) is 11.8 Å². The zero-order chi connectivity index (χ0) is 9.42. The molecule has 3 heteroatoms. The third-order valence-electron chi connectivity index (χ3n) is 3.30. The molecule has 1 saturated carbocycles. The highest BCUT2D eigenvalue weighted by Gasteiger charge is 2.48. The predicted molar refractivity (Wildman–Crippen MR) is 47.0 cm³/mol. The van der Waals surface area contributed by atoms with E-state index in [2.05, 4.69) is 6.92 Å². The average Bonchev–Trinajstić information content (AvgIpc) is 2.28. The normalized spacial score (nSPS) is 43.4. The first-order valence-corrected chi connectivity index (χ1v) is 5.10. The summed E-state index contributed by atoms with van der Waals surface area (Å²) in [4.78, 5) is 11.1. The molecule has 3 nitrogen and oxygen atoms in total. The van der Waals surface area contributed by atoms with E-state index in [1.54, 1.807) is 0 Å². The maximum atomic E-state index is 11.1. The lowest BCUT2D eigenvalue weighted by Gasteiger charge is -2.29. The Bertz CT molecular complexity index is 214. The van der Waals surface area contributed by atoms with Gasteiger partial charge in [0.05, 0.1) is 12.5 Å². The second-order valence-electron chi connectivity index (χ2n) is 4.15. The first-order valence-electron chi connectivity index (χ1n) is 5.10. The van der Waals surface area contributed by atoms with Crippen LogP contribution in [0.15, 0.2) is 0 Å². The van der Waals surface area contributed by atoms with Gasteiger partial charge < -0.3 is 9.84 Å². The van der Waals surface area contributed by atoms with Gasteiger partial charge in [0.2, 0.25) is 0 Å². The quantitative estimate of drug-likeness (QED) is 0.654. The summed E-state index contributed by atoms with van der Waals surface area (Å²) in [6, 6.07) is 0. The number of aliphatic hydroxyl groups excluding tert-OH is 1. The Labute approximate surface area is 78.1 Å². The van der Waals surface area contributed by atoms with Crippen molar-refractivity contribution in [3.05, 3.63) is 0 Å². The zero-order valence-corrected chi connectivity index (χ0v) is 7.90. The highest BCUT2D eigenvalue weighted by atomic mass is 16.5. The Morgan fingerprint density at radius 1 is 1.62 bits per heavy atom. The van der Waals surface area contributed by atoms with Crippen LogP contribution in [0.5, 0.6) is 0 Å². The molecule has 0 aromatic carbocycles. The van der Waals surface area contributed by atoms with E-state index in [-0.39, 0.29) is 24.1 Å². The van der Waals surface area contributed by atoms with Crippen molar-refractivity contribution in [2.75, 3.05) is 0 Å². The van der Waals surface area contributed by atoms with E-state index >= 15 is 0 Å². The smallest absolute Gasteiger partial charge is 0.306 e. The number of aliphatic hydroxyl groups is 1. The first kappa shape index (κ1) is 9.00. The monoisotopic (exact) mass is 184 g/mol. The van der Waals surface area contributed by atoms with Crippen molar-refractivity contribution >= 4 is 5.97 Å². The number of fused-ring (bicyclic) bond motifs is 2. The van der Waals surface area contributed by atoms with Gasteiger partial charge in [0.25, 0.3) is 0 Å². The molecule has 2 rings (SSSR count). The standard InChI is InChI=1S/C10H16O3/c1-2-3-6-7-4-10(12)13-9(6)5-8(7)11/h6-9,11H,2-5H2,1H3/t6-,7-,8-,9-/m1/s1. The second kappa shape index (κ2) is 3.29. The van der Waals surface area contributed by atoms with Crippen LogP contribution in [0.4, 0.5) is 0 Å². The van der Waals surface area contributed by atoms with Crippen LogP contribution in [0.2, 0.25) is 0 Å². The highest BCUT2D eigenvalue weighted by molar-refractivity contribution is 5.71. The molecule has 74 valence electrons. The van der Waals surface area contributed by atoms with Crippen molar-refractivity contribution in [2.45, 2.75) is 44.8 Å². The van der Waals surface area contributed by atoms with Crippen molar-refractivity contribution in [3.8, 4) is 0 Å². The molecule has 13 heavy (non-hydrogen) atoms. The van der Waals surface area contributed by atoms with Gasteiger partial charge in [-0.3, -0.25) is 4.79 Å². The molecule has 1 N–H and O–H groups in total. The summed E-state index contributed by atoms with van der Waals surface area (Å²) in [5, 5.41) is 9.68. The Kier molecular flexibility index (Phi) is 2.28. The Morgan fingerprint density at radius 3 is 3.00 bits per heavy atom. The van der Waals surface area contributed by atoms with E-state index in [4.69, 9.17) is 4.74 Å². The van der Waals surface area contributed by atoms with Crippen molar-refractivity contribution in [3.63, 3.8) is 0 Å². The van der Waals surface area contributed by atoms with Crippen LogP contribution in [0, 0.1) is 11.8 Å². The minimum Gasteiger partial charge on any atom is -0.462 e. The number of carbonyl (C=O) groups is 1. The maximum Gasteiger partial charge on any atom is 0.306 e. The van der Waals surface area contributed by atoms with Crippen LogP contribution in [-0.2, 0) is 9.53 Å². The van der Waals surface area contributed by atoms with E-state index in [0.717, 1.165) is 12.8 Å².